The third-order valence-corrected chi connectivity index (χ3v) is 6.93. The number of fused-ring (bicyclic) bond motifs is 1. The van der Waals surface area contributed by atoms with Crippen molar-refractivity contribution in [2.75, 3.05) is 12.9 Å². The topological polar surface area (TPSA) is 38.3 Å². The molecule has 0 aromatic heterocycles. The second-order valence-corrected chi connectivity index (χ2v) is 8.28. The molecule has 0 saturated heterocycles. The van der Waals surface area contributed by atoms with Crippen molar-refractivity contribution in [1.29, 1.82) is 0 Å². The standard InChI is InChI=1S/C23H29NO2S/c1-4-6-12-23(5-2)16-27-21-13-18(15-25)20(26-3)14-19(21)22(24-23)17-10-8-7-9-11-17/h7-11,13-15,22,24H,4-6,12,16H2,1-3H3/t22-,23-/m1/s1. The zero-order chi connectivity index (χ0) is 19.3. The van der Waals surface area contributed by atoms with E-state index >= 15 is 0 Å². The number of unbranched alkanes of at least 4 members (excludes halogenated alkanes) is 1. The molecular formula is C23H29NO2S. The number of carbonyl (C=O) groups is 1. The van der Waals surface area contributed by atoms with E-state index in [1.54, 1.807) is 7.11 Å². The lowest BCUT2D eigenvalue weighted by Gasteiger charge is -2.36. The molecule has 0 spiro atoms. The molecule has 2 aromatic rings. The molecule has 27 heavy (non-hydrogen) atoms. The van der Waals surface area contributed by atoms with Gasteiger partial charge in [-0.15, -0.1) is 11.8 Å². The van der Waals surface area contributed by atoms with Crippen molar-refractivity contribution in [2.24, 2.45) is 0 Å². The van der Waals surface area contributed by atoms with Crippen molar-refractivity contribution in [3.05, 3.63) is 59.2 Å². The van der Waals surface area contributed by atoms with Crippen LogP contribution in [-0.2, 0) is 0 Å². The van der Waals surface area contributed by atoms with Gasteiger partial charge in [-0.25, -0.2) is 0 Å². The fourth-order valence-electron chi connectivity index (χ4n) is 3.80. The highest BCUT2D eigenvalue weighted by Gasteiger charge is 2.36. The van der Waals surface area contributed by atoms with E-state index in [-0.39, 0.29) is 11.6 Å². The van der Waals surface area contributed by atoms with Gasteiger partial charge in [0.15, 0.2) is 6.29 Å². The zero-order valence-corrected chi connectivity index (χ0v) is 17.3. The number of methoxy groups -OCH3 is 1. The summed E-state index contributed by atoms with van der Waals surface area (Å²) in [6.45, 7) is 4.52. The van der Waals surface area contributed by atoms with E-state index in [2.05, 4.69) is 49.5 Å². The van der Waals surface area contributed by atoms with Crippen LogP contribution in [-0.4, -0.2) is 24.7 Å². The largest absolute Gasteiger partial charge is 0.496 e. The summed E-state index contributed by atoms with van der Waals surface area (Å²) in [5, 5.41) is 4.01. The van der Waals surface area contributed by atoms with Crippen molar-refractivity contribution in [2.45, 2.75) is 56.0 Å². The fourth-order valence-corrected chi connectivity index (χ4v) is 5.22. The molecule has 1 heterocycles. The minimum atomic E-state index is 0.0782. The summed E-state index contributed by atoms with van der Waals surface area (Å²) >= 11 is 1.86. The van der Waals surface area contributed by atoms with Crippen molar-refractivity contribution < 1.29 is 9.53 Å². The first-order valence-electron chi connectivity index (χ1n) is 9.79. The average molecular weight is 384 g/mol. The molecule has 144 valence electrons. The molecule has 2 atom stereocenters. The Kier molecular flexibility index (Phi) is 6.61. The number of nitrogens with one attached hydrogen (secondary N) is 1. The highest BCUT2D eigenvalue weighted by atomic mass is 32.2. The van der Waals surface area contributed by atoms with Crippen LogP contribution in [0.25, 0.3) is 0 Å². The molecule has 0 saturated carbocycles. The van der Waals surface area contributed by atoms with Crippen LogP contribution in [0.3, 0.4) is 0 Å². The first-order chi connectivity index (χ1) is 13.2. The van der Waals surface area contributed by atoms with E-state index in [0.717, 1.165) is 24.9 Å². The molecule has 0 aliphatic carbocycles. The number of carbonyl (C=O) groups excluding carboxylic acids is 1. The Morgan fingerprint density at radius 2 is 2.04 bits per heavy atom. The van der Waals surface area contributed by atoms with Crippen LogP contribution in [0.2, 0.25) is 0 Å². The predicted octanol–water partition coefficient (Wildman–Crippen LogP) is 5.63. The maximum Gasteiger partial charge on any atom is 0.153 e. The SMILES string of the molecule is CCCC[C@]1(CC)CSc2cc(C=O)c(OC)cc2[C@@H](c2ccccc2)N1. The highest BCUT2D eigenvalue weighted by Crippen LogP contribution is 2.43. The first kappa shape index (κ1) is 20.0. The number of hydrogen-bond donors (Lipinski definition) is 1. The normalized spacial score (nSPS) is 22.0. The van der Waals surface area contributed by atoms with Gasteiger partial charge in [0, 0.05) is 16.2 Å². The number of benzene rings is 2. The molecule has 3 nitrogen and oxygen atoms in total. The van der Waals surface area contributed by atoms with Gasteiger partial charge >= 0.3 is 0 Å². The molecule has 1 N–H and O–H groups in total. The highest BCUT2D eigenvalue weighted by molar-refractivity contribution is 7.99. The van der Waals surface area contributed by atoms with Gasteiger partial charge in [-0.1, -0.05) is 57.0 Å². The van der Waals surface area contributed by atoms with Crippen molar-refractivity contribution in [1.82, 2.24) is 5.32 Å². The lowest BCUT2D eigenvalue weighted by Crippen LogP contribution is -2.48. The molecule has 1 aliphatic rings. The molecule has 0 bridgehead atoms. The van der Waals surface area contributed by atoms with Gasteiger partial charge in [0.25, 0.3) is 0 Å². The third kappa shape index (κ3) is 4.22. The van der Waals surface area contributed by atoms with Gasteiger partial charge in [-0.05, 0) is 36.1 Å². The summed E-state index contributed by atoms with van der Waals surface area (Å²) in [5.41, 5.74) is 3.14. The summed E-state index contributed by atoms with van der Waals surface area (Å²) in [5.74, 6) is 1.65. The van der Waals surface area contributed by atoms with Crippen molar-refractivity contribution >= 4 is 18.0 Å². The van der Waals surface area contributed by atoms with E-state index < -0.39 is 0 Å². The minimum absolute atomic E-state index is 0.0782. The molecule has 0 fully saturated rings. The monoisotopic (exact) mass is 383 g/mol. The van der Waals surface area contributed by atoms with Gasteiger partial charge < -0.3 is 4.74 Å². The fraction of sp³-hybridized carbons (Fsp3) is 0.435. The number of rotatable bonds is 7. The summed E-state index contributed by atoms with van der Waals surface area (Å²) in [4.78, 5) is 12.7. The van der Waals surface area contributed by atoms with Gasteiger partial charge in [-0.2, -0.15) is 0 Å². The van der Waals surface area contributed by atoms with Crippen LogP contribution in [0.1, 0.15) is 67.1 Å². The first-order valence-corrected chi connectivity index (χ1v) is 10.8. The summed E-state index contributed by atoms with van der Waals surface area (Å²) in [7, 11) is 1.63. The molecule has 1 aliphatic heterocycles. The van der Waals surface area contributed by atoms with E-state index in [1.807, 2.05) is 23.9 Å². The van der Waals surface area contributed by atoms with Crippen molar-refractivity contribution in [3.63, 3.8) is 0 Å². The quantitative estimate of drug-likeness (QED) is 0.629. The summed E-state index contributed by atoms with van der Waals surface area (Å²) in [6.07, 6.45) is 5.53. The molecular weight excluding hydrogens is 354 g/mol. The average Bonchev–Trinajstić information content (AvgIpc) is 2.89. The van der Waals surface area contributed by atoms with E-state index in [0.29, 0.717) is 11.3 Å². The second-order valence-electron chi connectivity index (χ2n) is 7.26. The Balaban J connectivity index is 2.12. The Labute approximate surface area is 166 Å². The molecule has 4 heteroatoms. The Hall–Kier alpha value is -1.78. The Bertz CT molecular complexity index is 777. The van der Waals surface area contributed by atoms with Crippen molar-refractivity contribution in [3.8, 4) is 5.75 Å². The maximum atomic E-state index is 11.5. The lowest BCUT2D eigenvalue weighted by atomic mass is 9.88. The smallest absolute Gasteiger partial charge is 0.153 e. The van der Waals surface area contributed by atoms with Crippen LogP contribution in [0.4, 0.5) is 0 Å². The van der Waals surface area contributed by atoms with Crippen LogP contribution in [0, 0.1) is 0 Å². The second kappa shape index (κ2) is 8.94. The maximum absolute atomic E-state index is 11.5. The van der Waals surface area contributed by atoms with Gasteiger partial charge in [0.05, 0.1) is 18.7 Å². The summed E-state index contributed by atoms with van der Waals surface area (Å²) in [6, 6.07) is 14.7. The van der Waals surface area contributed by atoms with Gasteiger partial charge in [0.1, 0.15) is 5.75 Å². The predicted molar refractivity (Wildman–Crippen MR) is 113 cm³/mol. The zero-order valence-electron chi connectivity index (χ0n) is 16.5. The number of hydrogen-bond acceptors (Lipinski definition) is 4. The number of ether oxygens (including phenoxy) is 1. The Morgan fingerprint density at radius 1 is 1.26 bits per heavy atom. The molecule has 2 aromatic carbocycles. The van der Waals surface area contributed by atoms with Crippen LogP contribution in [0.5, 0.6) is 5.75 Å². The molecule has 0 radical (unpaired) electrons. The summed E-state index contributed by atoms with van der Waals surface area (Å²) < 4.78 is 5.50. The molecule has 0 unspecified atom stereocenters. The lowest BCUT2D eigenvalue weighted by molar-refractivity contribution is 0.112. The third-order valence-electron chi connectivity index (χ3n) is 5.57. The van der Waals surface area contributed by atoms with Gasteiger partial charge in [-0.3, -0.25) is 10.1 Å². The minimum Gasteiger partial charge on any atom is -0.496 e. The number of thioether (sulfide) groups is 1. The molecule has 3 rings (SSSR count). The molecule has 0 amide bonds. The van der Waals surface area contributed by atoms with E-state index in [4.69, 9.17) is 4.74 Å². The van der Waals surface area contributed by atoms with Crippen LogP contribution >= 0.6 is 11.8 Å². The van der Waals surface area contributed by atoms with Gasteiger partial charge in [0.2, 0.25) is 0 Å². The number of aldehydes is 1. The Morgan fingerprint density at radius 3 is 2.67 bits per heavy atom. The van der Waals surface area contributed by atoms with E-state index in [9.17, 15) is 4.79 Å². The van der Waals surface area contributed by atoms with Crippen LogP contribution in [0.15, 0.2) is 47.4 Å². The van der Waals surface area contributed by atoms with E-state index in [1.165, 1.54) is 28.9 Å². The van der Waals surface area contributed by atoms with Crippen LogP contribution < -0.4 is 10.1 Å².